The average molecular weight is 440 g/mol. The van der Waals surface area contributed by atoms with Gasteiger partial charge in [0.05, 0.1) is 17.7 Å². The van der Waals surface area contributed by atoms with Gasteiger partial charge in [0.1, 0.15) is 5.82 Å². The molecule has 1 fully saturated rings. The van der Waals surface area contributed by atoms with Crippen LogP contribution < -0.4 is 4.74 Å². The van der Waals surface area contributed by atoms with E-state index in [4.69, 9.17) is 4.74 Å². The van der Waals surface area contributed by atoms with E-state index in [1.807, 2.05) is 6.08 Å². The first kappa shape index (κ1) is 21.8. The molecule has 0 aromatic heterocycles. The molecule has 1 saturated carbocycles. The van der Waals surface area contributed by atoms with Gasteiger partial charge >= 0.3 is 11.8 Å². The summed E-state index contributed by atoms with van der Waals surface area (Å²) < 4.78 is 95.2. The molecule has 0 radical (unpaired) electrons. The van der Waals surface area contributed by atoms with Gasteiger partial charge in [0.2, 0.25) is 0 Å². The Hall–Kier alpha value is -2.44. The van der Waals surface area contributed by atoms with Crippen molar-refractivity contribution in [1.29, 1.82) is 0 Å². The number of halogens is 6. The maximum atomic E-state index is 15.4. The van der Waals surface area contributed by atoms with E-state index in [0.29, 0.717) is 12.8 Å². The normalized spacial score (nSPS) is 23.6. The van der Waals surface area contributed by atoms with Gasteiger partial charge in [-0.2, -0.15) is 17.6 Å². The molecular weight excluding hydrogens is 418 g/mol. The van der Waals surface area contributed by atoms with Crippen LogP contribution in [0.4, 0.5) is 26.3 Å². The molecule has 166 valence electrons. The summed E-state index contributed by atoms with van der Waals surface area (Å²) in [7, 11) is 0. The zero-order valence-electron chi connectivity index (χ0n) is 17.0. The van der Waals surface area contributed by atoms with Gasteiger partial charge < -0.3 is 4.74 Å². The van der Waals surface area contributed by atoms with Gasteiger partial charge in [-0.3, -0.25) is 0 Å². The summed E-state index contributed by atoms with van der Waals surface area (Å²) in [5, 5.41) is 0. The number of alkyl halides is 4. The fourth-order valence-electron chi connectivity index (χ4n) is 4.77. The van der Waals surface area contributed by atoms with Crippen molar-refractivity contribution in [3.63, 3.8) is 0 Å². The number of rotatable bonds is 4. The highest BCUT2D eigenvalue weighted by atomic mass is 19.3. The largest absolute Gasteiger partial charge is 0.491 e. The first-order valence-electron chi connectivity index (χ1n) is 10.3. The first-order valence-corrected chi connectivity index (χ1v) is 10.3. The van der Waals surface area contributed by atoms with E-state index >= 15 is 13.2 Å². The SMILES string of the molecule is C=CC1CCC(c2ccc3c(c2F)C(F)(F)C(F)(F)c2c-3ccc(OCC)c2F)CC1. The lowest BCUT2D eigenvalue weighted by Crippen LogP contribution is -2.41. The van der Waals surface area contributed by atoms with Crippen LogP contribution in [0.5, 0.6) is 5.75 Å². The Labute approximate surface area is 176 Å². The van der Waals surface area contributed by atoms with Crippen molar-refractivity contribution in [2.45, 2.75) is 50.4 Å². The van der Waals surface area contributed by atoms with Crippen LogP contribution in [0, 0.1) is 17.6 Å². The third-order valence-electron chi connectivity index (χ3n) is 6.44. The minimum absolute atomic E-state index is 0.00611. The van der Waals surface area contributed by atoms with Crippen molar-refractivity contribution < 1.29 is 31.1 Å². The lowest BCUT2D eigenvalue weighted by molar-refractivity contribution is -0.228. The quantitative estimate of drug-likeness (QED) is 0.350. The molecule has 2 aromatic rings. The number of ether oxygens (including phenoxy) is 1. The van der Waals surface area contributed by atoms with E-state index in [2.05, 4.69) is 6.58 Å². The number of hydrogen-bond acceptors (Lipinski definition) is 1. The Balaban J connectivity index is 1.89. The minimum Gasteiger partial charge on any atom is -0.491 e. The van der Waals surface area contributed by atoms with E-state index in [9.17, 15) is 13.2 Å². The van der Waals surface area contributed by atoms with Crippen LogP contribution in [0.25, 0.3) is 11.1 Å². The highest BCUT2D eigenvalue weighted by molar-refractivity contribution is 5.77. The monoisotopic (exact) mass is 440 g/mol. The summed E-state index contributed by atoms with van der Waals surface area (Å²) >= 11 is 0. The molecule has 0 aliphatic heterocycles. The topological polar surface area (TPSA) is 9.23 Å². The molecule has 4 rings (SSSR count). The third-order valence-corrected chi connectivity index (χ3v) is 6.44. The van der Waals surface area contributed by atoms with Gasteiger partial charge in [-0.1, -0.05) is 18.2 Å². The van der Waals surface area contributed by atoms with Gasteiger partial charge in [0, 0.05) is 0 Å². The maximum absolute atomic E-state index is 15.4. The second kappa shape index (κ2) is 7.61. The number of fused-ring (bicyclic) bond motifs is 3. The second-order valence-corrected chi connectivity index (χ2v) is 8.12. The fourth-order valence-corrected chi connectivity index (χ4v) is 4.77. The van der Waals surface area contributed by atoms with Crippen LogP contribution in [-0.2, 0) is 11.8 Å². The first-order chi connectivity index (χ1) is 14.6. The fraction of sp³-hybridized carbons (Fsp3) is 0.417. The summed E-state index contributed by atoms with van der Waals surface area (Å²) in [6.07, 6.45) is 4.38. The molecule has 2 aliphatic rings. The summed E-state index contributed by atoms with van der Waals surface area (Å²) in [5.74, 6) is -13.4. The summed E-state index contributed by atoms with van der Waals surface area (Å²) in [6.45, 7) is 5.23. The lowest BCUT2D eigenvalue weighted by Gasteiger charge is -2.36. The highest BCUT2D eigenvalue weighted by Gasteiger charge is 2.65. The van der Waals surface area contributed by atoms with Crippen LogP contribution in [0.2, 0.25) is 0 Å². The Morgan fingerprint density at radius 1 is 0.903 bits per heavy atom. The number of hydrogen-bond donors (Lipinski definition) is 0. The van der Waals surface area contributed by atoms with Crippen molar-refractivity contribution in [3.8, 4) is 16.9 Å². The van der Waals surface area contributed by atoms with E-state index in [1.54, 1.807) is 0 Å². The summed E-state index contributed by atoms with van der Waals surface area (Å²) in [6, 6.07) is 4.75. The Morgan fingerprint density at radius 3 is 2.00 bits per heavy atom. The molecule has 0 spiro atoms. The molecule has 7 heteroatoms. The van der Waals surface area contributed by atoms with Gasteiger partial charge in [-0.15, -0.1) is 6.58 Å². The molecule has 0 N–H and O–H groups in total. The van der Waals surface area contributed by atoms with Crippen LogP contribution in [-0.4, -0.2) is 6.61 Å². The standard InChI is InChI=1S/C24H22F6O/c1-3-13-5-7-14(8-6-13)15-9-10-16-17-11-12-18(31-4-2)22(26)20(17)24(29,30)23(27,28)19(16)21(15)25/h3,9-14H,1,4-8H2,2H3. The Morgan fingerprint density at radius 2 is 1.45 bits per heavy atom. The highest BCUT2D eigenvalue weighted by Crippen LogP contribution is 2.60. The molecule has 2 aromatic carbocycles. The van der Waals surface area contributed by atoms with Gasteiger partial charge in [-0.05, 0) is 73.3 Å². The summed E-state index contributed by atoms with van der Waals surface area (Å²) in [5.41, 5.74) is -3.69. The maximum Gasteiger partial charge on any atom is 0.343 e. The van der Waals surface area contributed by atoms with Crippen LogP contribution in [0.1, 0.15) is 55.2 Å². The number of benzene rings is 2. The predicted molar refractivity (Wildman–Crippen MR) is 106 cm³/mol. The molecule has 0 saturated heterocycles. The smallest absolute Gasteiger partial charge is 0.343 e. The molecular formula is C24H22F6O. The van der Waals surface area contributed by atoms with Crippen molar-refractivity contribution >= 4 is 0 Å². The van der Waals surface area contributed by atoms with E-state index in [-0.39, 0.29) is 24.0 Å². The predicted octanol–water partition coefficient (Wildman–Crippen LogP) is 7.69. The average Bonchev–Trinajstić information content (AvgIpc) is 2.73. The molecule has 1 nitrogen and oxygen atoms in total. The molecule has 31 heavy (non-hydrogen) atoms. The third kappa shape index (κ3) is 3.15. The minimum atomic E-state index is -4.94. The summed E-state index contributed by atoms with van der Waals surface area (Å²) in [4.78, 5) is 0. The Bertz CT molecular complexity index is 1020. The lowest BCUT2D eigenvalue weighted by atomic mass is 9.75. The molecule has 0 bridgehead atoms. The van der Waals surface area contributed by atoms with Gasteiger partial charge in [0.15, 0.2) is 11.6 Å². The van der Waals surface area contributed by atoms with Crippen molar-refractivity contribution in [1.82, 2.24) is 0 Å². The van der Waals surface area contributed by atoms with Gasteiger partial charge in [-0.25, -0.2) is 8.78 Å². The molecule has 0 atom stereocenters. The molecule has 0 heterocycles. The van der Waals surface area contributed by atoms with Crippen molar-refractivity contribution in [2.75, 3.05) is 6.61 Å². The van der Waals surface area contributed by atoms with Crippen molar-refractivity contribution in [3.05, 3.63) is 65.2 Å². The van der Waals surface area contributed by atoms with Crippen LogP contribution in [0.15, 0.2) is 36.9 Å². The van der Waals surface area contributed by atoms with Crippen LogP contribution >= 0.6 is 0 Å². The van der Waals surface area contributed by atoms with Crippen molar-refractivity contribution in [2.24, 2.45) is 5.92 Å². The number of allylic oxidation sites excluding steroid dienone is 1. The molecule has 0 amide bonds. The second-order valence-electron chi connectivity index (χ2n) is 8.12. The Kier molecular flexibility index (Phi) is 5.34. The zero-order valence-corrected chi connectivity index (χ0v) is 17.0. The van der Waals surface area contributed by atoms with E-state index in [0.717, 1.165) is 25.0 Å². The van der Waals surface area contributed by atoms with E-state index < -0.39 is 51.5 Å². The molecule has 0 unspecified atom stereocenters. The van der Waals surface area contributed by atoms with Gasteiger partial charge in [0.25, 0.3) is 0 Å². The van der Waals surface area contributed by atoms with E-state index in [1.165, 1.54) is 19.1 Å². The zero-order chi connectivity index (χ0) is 22.6. The van der Waals surface area contributed by atoms with Crippen LogP contribution in [0.3, 0.4) is 0 Å². The molecule has 2 aliphatic carbocycles.